The fourth-order valence-corrected chi connectivity index (χ4v) is 3.93. The number of rotatable bonds is 3. The van der Waals surface area contributed by atoms with Crippen LogP contribution in [-0.4, -0.2) is 44.9 Å². The smallest absolute Gasteiger partial charge is 0.308 e. The van der Waals surface area contributed by atoms with Gasteiger partial charge in [-0.15, -0.1) is 11.3 Å². The first-order valence-corrected chi connectivity index (χ1v) is 8.15. The number of carboxylic acid groups (broad SMARTS) is 1. The molecule has 0 radical (unpaired) electrons. The number of aliphatic carboxylic acids is 1. The summed E-state index contributed by atoms with van der Waals surface area (Å²) in [5.41, 5.74) is 1.61. The van der Waals surface area contributed by atoms with Crippen molar-refractivity contribution in [2.75, 3.05) is 13.1 Å². The minimum atomic E-state index is -0.876. The molecule has 0 bridgehead atoms. The number of carbonyl (C=O) groups excluding carboxylic acids is 1. The second-order valence-corrected chi connectivity index (χ2v) is 6.89. The molecular weight excluding hydrogens is 314 g/mol. The number of aryl methyl sites for hydroxylation is 2. The Hall–Kier alpha value is -2.28. The van der Waals surface area contributed by atoms with Gasteiger partial charge < -0.3 is 10.0 Å². The number of hydrogen-bond acceptors (Lipinski definition) is 5. The van der Waals surface area contributed by atoms with Gasteiger partial charge >= 0.3 is 5.97 Å². The van der Waals surface area contributed by atoms with E-state index in [1.165, 1.54) is 11.3 Å². The number of hydrogen-bond donors (Lipinski definition) is 1. The minimum absolute atomic E-state index is 0.129. The Morgan fingerprint density at radius 1 is 1.26 bits per heavy atom. The van der Waals surface area contributed by atoms with E-state index in [-0.39, 0.29) is 18.4 Å². The summed E-state index contributed by atoms with van der Waals surface area (Å²) in [7, 11) is 0. The SMILES string of the molecule is Cc1nc(C)c(C(=O)N2CC(C(=O)O)C(c3ccncc3)C2)s1. The topological polar surface area (TPSA) is 83.4 Å². The standard InChI is InChI=1S/C16H17N3O3S/c1-9-14(23-10(2)18-9)15(20)19-7-12(13(8-19)16(21)22)11-3-5-17-6-4-11/h3-6,12-13H,7-8H2,1-2H3,(H,21,22). The molecule has 0 spiro atoms. The molecule has 3 rings (SSSR count). The highest BCUT2D eigenvalue weighted by molar-refractivity contribution is 7.13. The van der Waals surface area contributed by atoms with Crippen molar-refractivity contribution < 1.29 is 14.7 Å². The molecule has 2 aromatic rings. The first kappa shape index (κ1) is 15.6. The summed E-state index contributed by atoms with van der Waals surface area (Å²) in [5, 5.41) is 10.3. The van der Waals surface area contributed by atoms with Gasteiger partial charge in [0.05, 0.1) is 16.6 Å². The molecule has 1 amide bonds. The third kappa shape index (κ3) is 2.96. The Morgan fingerprint density at radius 3 is 2.52 bits per heavy atom. The van der Waals surface area contributed by atoms with Crippen LogP contribution in [0.4, 0.5) is 0 Å². The van der Waals surface area contributed by atoms with Crippen molar-refractivity contribution in [3.05, 3.63) is 45.7 Å². The molecule has 1 fully saturated rings. The summed E-state index contributed by atoms with van der Waals surface area (Å²) in [6, 6.07) is 3.63. The van der Waals surface area contributed by atoms with Crippen LogP contribution in [0.2, 0.25) is 0 Å². The monoisotopic (exact) mass is 331 g/mol. The highest BCUT2D eigenvalue weighted by Crippen LogP contribution is 2.34. The van der Waals surface area contributed by atoms with Gasteiger partial charge in [0.2, 0.25) is 0 Å². The first-order chi connectivity index (χ1) is 11.0. The van der Waals surface area contributed by atoms with Gasteiger partial charge in [-0.1, -0.05) is 0 Å². The van der Waals surface area contributed by atoms with Crippen LogP contribution < -0.4 is 0 Å². The van der Waals surface area contributed by atoms with E-state index in [0.29, 0.717) is 17.1 Å². The van der Waals surface area contributed by atoms with Gasteiger partial charge in [-0.25, -0.2) is 4.98 Å². The van der Waals surface area contributed by atoms with Crippen molar-refractivity contribution in [2.45, 2.75) is 19.8 Å². The van der Waals surface area contributed by atoms with Gasteiger partial charge in [0.15, 0.2) is 0 Å². The van der Waals surface area contributed by atoms with Gasteiger partial charge in [-0.2, -0.15) is 0 Å². The van der Waals surface area contributed by atoms with Crippen LogP contribution in [0.25, 0.3) is 0 Å². The number of carboxylic acids is 1. The number of thiazole rings is 1. The summed E-state index contributed by atoms with van der Waals surface area (Å²) in [5.74, 6) is -1.82. The van der Waals surface area contributed by atoms with E-state index in [9.17, 15) is 14.7 Å². The van der Waals surface area contributed by atoms with Gasteiger partial charge in [0.25, 0.3) is 5.91 Å². The number of nitrogens with zero attached hydrogens (tertiary/aromatic N) is 3. The van der Waals surface area contributed by atoms with Crippen LogP contribution in [0.3, 0.4) is 0 Å². The molecule has 2 aromatic heterocycles. The zero-order valence-corrected chi connectivity index (χ0v) is 13.7. The zero-order chi connectivity index (χ0) is 16.6. The molecule has 1 N–H and O–H groups in total. The van der Waals surface area contributed by atoms with Crippen molar-refractivity contribution in [3.63, 3.8) is 0 Å². The van der Waals surface area contributed by atoms with Crippen LogP contribution in [0, 0.1) is 19.8 Å². The zero-order valence-electron chi connectivity index (χ0n) is 12.9. The van der Waals surface area contributed by atoms with E-state index in [1.54, 1.807) is 17.3 Å². The van der Waals surface area contributed by atoms with Crippen molar-refractivity contribution in [1.29, 1.82) is 0 Å². The van der Waals surface area contributed by atoms with Crippen LogP contribution >= 0.6 is 11.3 Å². The van der Waals surface area contributed by atoms with E-state index in [1.807, 2.05) is 26.0 Å². The quantitative estimate of drug-likeness (QED) is 0.931. The number of carbonyl (C=O) groups is 2. The highest BCUT2D eigenvalue weighted by atomic mass is 32.1. The summed E-state index contributed by atoms with van der Waals surface area (Å²) in [6.07, 6.45) is 3.30. The predicted octanol–water partition coefficient (Wildman–Crippen LogP) is 2.10. The van der Waals surface area contributed by atoms with E-state index >= 15 is 0 Å². The van der Waals surface area contributed by atoms with E-state index in [4.69, 9.17) is 0 Å². The molecule has 7 heteroatoms. The lowest BCUT2D eigenvalue weighted by Crippen LogP contribution is -2.29. The molecule has 6 nitrogen and oxygen atoms in total. The summed E-state index contributed by atoms with van der Waals surface area (Å²) in [4.78, 5) is 34.8. The maximum absolute atomic E-state index is 12.7. The van der Waals surface area contributed by atoms with E-state index < -0.39 is 11.9 Å². The number of pyridine rings is 1. The molecule has 3 heterocycles. The molecule has 0 saturated carbocycles. The Labute approximate surface area is 137 Å². The Bertz CT molecular complexity index is 744. The maximum Gasteiger partial charge on any atom is 0.308 e. The maximum atomic E-state index is 12.7. The third-order valence-electron chi connectivity index (χ3n) is 4.16. The fourth-order valence-electron chi connectivity index (χ4n) is 3.04. The lowest BCUT2D eigenvalue weighted by molar-refractivity contribution is -0.141. The highest BCUT2D eigenvalue weighted by Gasteiger charge is 2.41. The number of likely N-dealkylation sites (tertiary alicyclic amines) is 1. The largest absolute Gasteiger partial charge is 0.481 e. The fraction of sp³-hybridized carbons (Fsp3) is 0.375. The lowest BCUT2D eigenvalue weighted by atomic mass is 9.90. The molecule has 1 aliphatic heterocycles. The number of aromatic nitrogens is 2. The van der Waals surface area contributed by atoms with Gasteiger partial charge in [0.1, 0.15) is 4.88 Å². The van der Waals surface area contributed by atoms with Crippen molar-refractivity contribution in [2.24, 2.45) is 5.92 Å². The average Bonchev–Trinajstić information content (AvgIpc) is 3.11. The van der Waals surface area contributed by atoms with Crippen molar-refractivity contribution >= 4 is 23.2 Å². The first-order valence-electron chi connectivity index (χ1n) is 7.33. The molecular formula is C16H17N3O3S. The van der Waals surface area contributed by atoms with Crippen molar-refractivity contribution in [3.8, 4) is 0 Å². The van der Waals surface area contributed by atoms with E-state index in [2.05, 4.69) is 9.97 Å². The normalized spacial score (nSPS) is 20.7. The minimum Gasteiger partial charge on any atom is -0.481 e. The molecule has 2 atom stereocenters. The Balaban J connectivity index is 1.87. The molecule has 2 unspecified atom stereocenters. The lowest BCUT2D eigenvalue weighted by Gasteiger charge is -2.15. The molecule has 1 aliphatic rings. The summed E-state index contributed by atoms with van der Waals surface area (Å²) in [6.45, 7) is 4.29. The molecule has 0 aromatic carbocycles. The molecule has 23 heavy (non-hydrogen) atoms. The third-order valence-corrected chi connectivity index (χ3v) is 5.22. The summed E-state index contributed by atoms with van der Waals surface area (Å²) >= 11 is 1.36. The molecule has 1 saturated heterocycles. The predicted molar refractivity (Wildman–Crippen MR) is 85.6 cm³/mol. The van der Waals surface area contributed by atoms with Crippen molar-refractivity contribution in [1.82, 2.24) is 14.9 Å². The summed E-state index contributed by atoms with van der Waals surface area (Å²) < 4.78 is 0. The van der Waals surface area contributed by atoms with Gasteiger partial charge in [0, 0.05) is 31.4 Å². The molecule has 0 aliphatic carbocycles. The van der Waals surface area contributed by atoms with Crippen LogP contribution in [0.5, 0.6) is 0 Å². The van der Waals surface area contributed by atoms with Crippen LogP contribution in [0.15, 0.2) is 24.5 Å². The van der Waals surface area contributed by atoms with E-state index in [0.717, 1.165) is 10.6 Å². The number of amides is 1. The average molecular weight is 331 g/mol. The van der Waals surface area contributed by atoms with Gasteiger partial charge in [-0.3, -0.25) is 14.6 Å². The van der Waals surface area contributed by atoms with Gasteiger partial charge in [-0.05, 0) is 31.5 Å². The Kier molecular flexibility index (Phi) is 4.12. The second-order valence-electron chi connectivity index (χ2n) is 5.69. The Morgan fingerprint density at radius 2 is 1.96 bits per heavy atom. The second kappa shape index (κ2) is 6.08. The molecule has 120 valence electrons. The van der Waals surface area contributed by atoms with Crippen LogP contribution in [0.1, 0.15) is 31.9 Å². The van der Waals surface area contributed by atoms with Crippen LogP contribution in [-0.2, 0) is 4.79 Å².